The van der Waals surface area contributed by atoms with Gasteiger partial charge in [-0.25, -0.2) is 0 Å². The van der Waals surface area contributed by atoms with E-state index in [-0.39, 0.29) is 11.9 Å². The fourth-order valence-electron chi connectivity index (χ4n) is 8.88. The zero-order valence-corrected chi connectivity index (χ0v) is 37.7. The molecule has 0 spiro atoms. The lowest BCUT2D eigenvalue weighted by Gasteiger charge is -2.23. The van der Waals surface area contributed by atoms with E-state index < -0.39 is 0 Å². The molecule has 1 saturated carbocycles. The maximum atomic E-state index is 12.5. The Morgan fingerprint density at radius 3 is 1.09 bits per heavy atom. The number of unbranched alkanes of at least 4 members (excludes halogenated alkanes) is 20. The molecule has 0 aliphatic heterocycles. The molecule has 0 aromatic rings. The van der Waals surface area contributed by atoms with E-state index >= 15 is 0 Å². The summed E-state index contributed by atoms with van der Waals surface area (Å²) in [5.74, 6) is 1.12. The van der Waals surface area contributed by atoms with E-state index in [1.54, 1.807) is 0 Å². The first kappa shape index (κ1) is 51.9. The zero-order valence-electron chi connectivity index (χ0n) is 37.7. The van der Waals surface area contributed by atoms with Gasteiger partial charge in [0.05, 0.1) is 13.2 Å². The highest BCUT2D eigenvalue weighted by atomic mass is 16.5. The van der Waals surface area contributed by atoms with Crippen LogP contribution < -0.4 is 5.32 Å². The normalized spacial score (nSPS) is 13.5. The van der Waals surface area contributed by atoms with Gasteiger partial charge in [0.25, 0.3) is 0 Å². The van der Waals surface area contributed by atoms with E-state index in [0.717, 1.165) is 18.9 Å². The largest absolute Gasteiger partial charge is 0.466 e. The fraction of sp³-hybridized carbons (Fsp3) is 0.960. The average Bonchev–Trinajstić information content (AvgIpc) is 3.69. The van der Waals surface area contributed by atoms with E-state index in [2.05, 4.69) is 33.0 Å². The number of hydrogen-bond acceptors (Lipinski definition) is 5. The summed E-state index contributed by atoms with van der Waals surface area (Å²) in [6.45, 7) is 10.2. The molecule has 0 aromatic heterocycles. The number of carbonyl (C=O) groups is 2. The van der Waals surface area contributed by atoms with Crippen LogP contribution >= 0.6 is 0 Å². The van der Waals surface area contributed by atoms with Crippen molar-refractivity contribution in [3.8, 4) is 0 Å². The Labute approximate surface area is 344 Å². The first-order chi connectivity index (χ1) is 27.0. The molecule has 1 aliphatic carbocycles. The van der Waals surface area contributed by atoms with Gasteiger partial charge in [-0.05, 0) is 76.0 Å². The minimum atomic E-state index is 0.0411. The Kier molecular flexibility index (Phi) is 37.5. The average molecular weight is 776 g/mol. The van der Waals surface area contributed by atoms with Crippen molar-refractivity contribution >= 4 is 11.9 Å². The molecular formula is C50H97NO4. The van der Waals surface area contributed by atoms with Gasteiger partial charge >= 0.3 is 11.9 Å². The van der Waals surface area contributed by atoms with Crippen LogP contribution in [0.25, 0.3) is 0 Å². The Morgan fingerprint density at radius 1 is 0.436 bits per heavy atom. The highest BCUT2D eigenvalue weighted by Crippen LogP contribution is 2.24. The minimum Gasteiger partial charge on any atom is -0.466 e. The molecule has 1 fully saturated rings. The van der Waals surface area contributed by atoms with Crippen molar-refractivity contribution in [3.63, 3.8) is 0 Å². The summed E-state index contributed by atoms with van der Waals surface area (Å²) in [5.41, 5.74) is 0. The quantitative estimate of drug-likeness (QED) is 0.0494. The van der Waals surface area contributed by atoms with E-state index in [0.29, 0.717) is 43.9 Å². The lowest BCUT2D eigenvalue weighted by Crippen LogP contribution is -2.36. The molecule has 0 saturated heterocycles. The molecule has 1 N–H and O–H groups in total. The van der Waals surface area contributed by atoms with Crippen molar-refractivity contribution in [2.75, 3.05) is 13.2 Å². The Bertz CT molecular complexity index is 749. The first-order valence-corrected chi connectivity index (χ1v) is 25.1. The van der Waals surface area contributed by atoms with Crippen LogP contribution in [0.3, 0.4) is 0 Å². The van der Waals surface area contributed by atoms with Crippen molar-refractivity contribution in [3.05, 3.63) is 0 Å². The van der Waals surface area contributed by atoms with Crippen molar-refractivity contribution in [2.24, 2.45) is 11.8 Å². The van der Waals surface area contributed by atoms with Crippen LogP contribution in [0.4, 0.5) is 0 Å². The van der Waals surface area contributed by atoms with Gasteiger partial charge in [0.2, 0.25) is 0 Å². The summed E-state index contributed by atoms with van der Waals surface area (Å²) in [6.07, 6.45) is 47.0. The van der Waals surface area contributed by atoms with Crippen molar-refractivity contribution in [1.29, 1.82) is 0 Å². The van der Waals surface area contributed by atoms with Crippen LogP contribution in [0, 0.1) is 11.8 Å². The van der Waals surface area contributed by atoms with Gasteiger partial charge in [0.1, 0.15) is 0 Å². The monoisotopic (exact) mass is 776 g/mol. The number of nitrogens with one attached hydrogen (secondary N) is 1. The Morgan fingerprint density at radius 2 is 0.745 bits per heavy atom. The van der Waals surface area contributed by atoms with E-state index in [9.17, 15) is 9.59 Å². The summed E-state index contributed by atoms with van der Waals surface area (Å²) >= 11 is 0. The van der Waals surface area contributed by atoms with Gasteiger partial charge in [-0.1, -0.05) is 195 Å². The second-order valence-corrected chi connectivity index (χ2v) is 17.9. The van der Waals surface area contributed by atoms with Crippen LogP contribution in [0.1, 0.15) is 272 Å². The molecule has 326 valence electrons. The summed E-state index contributed by atoms with van der Waals surface area (Å²) in [7, 11) is 0. The number of carbonyl (C=O) groups excluding carboxylic acids is 2. The standard InChI is InChI=1S/C50H97NO4/c1-5-9-23-33-45(34-24-10-6-2)43-49(52)54-41-31-21-17-13-15-19-27-37-47(51-48-39-29-30-40-48)38-28-20-16-14-18-22-32-42-55-50(53)44-46(35-25-11-7-3)36-26-12-8-4/h45-48,51H,5-44H2,1-4H3. The second-order valence-electron chi connectivity index (χ2n) is 17.9. The van der Waals surface area contributed by atoms with Crippen LogP contribution in [-0.2, 0) is 19.1 Å². The fourth-order valence-corrected chi connectivity index (χ4v) is 8.88. The number of rotatable bonds is 42. The van der Waals surface area contributed by atoms with Crippen molar-refractivity contribution < 1.29 is 19.1 Å². The lowest BCUT2D eigenvalue weighted by atomic mass is 9.92. The molecule has 0 unspecified atom stereocenters. The van der Waals surface area contributed by atoms with Gasteiger partial charge in [-0.3, -0.25) is 9.59 Å². The summed E-state index contributed by atoms with van der Waals surface area (Å²) in [4.78, 5) is 25.0. The minimum absolute atomic E-state index is 0.0411. The number of esters is 2. The van der Waals surface area contributed by atoms with Crippen LogP contribution in [0.15, 0.2) is 0 Å². The Balaban J connectivity index is 2.11. The first-order valence-electron chi connectivity index (χ1n) is 25.1. The third kappa shape index (κ3) is 33.6. The number of hydrogen-bond donors (Lipinski definition) is 1. The van der Waals surface area contributed by atoms with Gasteiger partial charge in [-0.15, -0.1) is 0 Å². The summed E-state index contributed by atoms with van der Waals surface area (Å²) < 4.78 is 11.3. The summed E-state index contributed by atoms with van der Waals surface area (Å²) in [5, 5.41) is 4.08. The molecule has 5 nitrogen and oxygen atoms in total. The highest BCUT2D eigenvalue weighted by molar-refractivity contribution is 5.70. The number of ether oxygens (including phenoxy) is 2. The maximum absolute atomic E-state index is 12.5. The molecule has 0 radical (unpaired) electrons. The van der Waals surface area contributed by atoms with Crippen molar-refractivity contribution in [1.82, 2.24) is 5.32 Å². The summed E-state index contributed by atoms with van der Waals surface area (Å²) in [6, 6.07) is 1.46. The molecule has 0 atom stereocenters. The van der Waals surface area contributed by atoms with Crippen molar-refractivity contribution in [2.45, 2.75) is 284 Å². The van der Waals surface area contributed by atoms with Crippen LogP contribution in [0.2, 0.25) is 0 Å². The topological polar surface area (TPSA) is 64.6 Å². The predicted molar refractivity (Wildman–Crippen MR) is 238 cm³/mol. The third-order valence-electron chi connectivity index (χ3n) is 12.5. The predicted octanol–water partition coefficient (Wildman–Crippen LogP) is 15.5. The van der Waals surface area contributed by atoms with E-state index in [4.69, 9.17) is 9.47 Å². The second kappa shape index (κ2) is 39.7. The molecule has 1 rings (SSSR count). The SMILES string of the molecule is CCCCCC(CCCCC)CC(=O)OCCCCCCCCCC(CCCCCCCCCOC(=O)CC(CCCCC)CCCCC)NC1CCCC1. The molecule has 5 heteroatoms. The van der Waals surface area contributed by atoms with Gasteiger partial charge in [0.15, 0.2) is 0 Å². The maximum Gasteiger partial charge on any atom is 0.306 e. The molecule has 55 heavy (non-hydrogen) atoms. The molecule has 1 aliphatic rings. The molecule has 0 bridgehead atoms. The highest BCUT2D eigenvalue weighted by Gasteiger charge is 2.19. The lowest BCUT2D eigenvalue weighted by molar-refractivity contribution is -0.146. The van der Waals surface area contributed by atoms with Gasteiger partial charge in [0, 0.05) is 24.9 Å². The third-order valence-corrected chi connectivity index (χ3v) is 12.5. The van der Waals surface area contributed by atoms with Crippen LogP contribution in [0.5, 0.6) is 0 Å². The van der Waals surface area contributed by atoms with Gasteiger partial charge in [-0.2, -0.15) is 0 Å². The van der Waals surface area contributed by atoms with Gasteiger partial charge < -0.3 is 14.8 Å². The Hall–Kier alpha value is -1.10. The smallest absolute Gasteiger partial charge is 0.306 e. The molecule has 0 heterocycles. The van der Waals surface area contributed by atoms with Crippen LogP contribution in [-0.4, -0.2) is 37.2 Å². The molecule has 0 amide bonds. The molecular weight excluding hydrogens is 679 g/mol. The molecule has 0 aromatic carbocycles. The van der Waals surface area contributed by atoms with E-state index in [1.165, 1.54) is 218 Å². The van der Waals surface area contributed by atoms with E-state index in [1.807, 2.05) is 0 Å². The zero-order chi connectivity index (χ0) is 39.9.